The van der Waals surface area contributed by atoms with Crippen LogP contribution in [0.2, 0.25) is 0 Å². The van der Waals surface area contributed by atoms with Gasteiger partial charge < -0.3 is 0 Å². The third kappa shape index (κ3) is 4.08. The first-order chi connectivity index (χ1) is 10.9. The van der Waals surface area contributed by atoms with Crippen LogP contribution in [0.25, 0.3) is 0 Å². The molecule has 1 heteroatoms. The molecule has 1 saturated heterocycles. The van der Waals surface area contributed by atoms with Crippen molar-refractivity contribution in [1.82, 2.24) is 4.90 Å². The molecule has 0 spiro atoms. The quantitative estimate of drug-likeness (QED) is 0.708. The van der Waals surface area contributed by atoms with Gasteiger partial charge in [-0.15, -0.1) is 6.58 Å². The highest BCUT2D eigenvalue weighted by molar-refractivity contribution is 5.24. The zero-order chi connectivity index (χ0) is 15.8. The molecule has 1 aliphatic rings. The first-order valence-corrected chi connectivity index (χ1v) is 8.30. The van der Waals surface area contributed by atoms with E-state index in [0.717, 1.165) is 19.6 Å². The molecule has 0 unspecified atom stereocenters. The average molecular weight is 293 g/mol. The van der Waals surface area contributed by atoms with Crippen LogP contribution in [0.5, 0.6) is 0 Å². The number of hydrogen-bond donors (Lipinski definition) is 0. The maximum Gasteiger partial charge on any atom is 0.0234 e. The predicted octanol–water partition coefficient (Wildman–Crippen LogP) is 5.11. The second-order valence-electron chi connectivity index (χ2n) is 5.60. The molecule has 3 rings (SSSR count). The van der Waals surface area contributed by atoms with Gasteiger partial charge in [0.05, 0.1) is 0 Å². The Morgan fingerprint density at radius 2 is 1.55 bits per heavy atom. The number of benzene rings is 2. The zero-order valence-electron chi connectivity index (χ0n) is 13.8. The number of likely N-dealkylation sites (tertiary alicyclic amines) is 1. The second-order valence-corrected chi connectivity index (χ2v) is 5.60. The van der Waals surface area contributed by atoms with Crippen molar-refractivity contribution in [1.29, 1.82) is 0 Å². The molecule has 2 aromatic carbocycles. The van der Waals surface area contributed by atoms with E-state index in [1.807, 2.05) is 13.8 Å². The summed E-state index contributed by atoms with van der Waals surface area (Å²) in [6.45, 7) is 11.3. The minimum atomic E-state index is 0.557. The van der Waals surface area contributed by atoms with Crippen molar-refractivity contribution in [2.75, 3.05) is 13.1 Å². The summed E-state index contributed by atoms with van der Waals surface area (Å²) in [5.74, 6) is 1.14. The van der Waals surface area contributed by atoms with Crippen molar-refractivity contribution in [3.8, 4) is 0 Å². The molecular formula is C21H27N. The summed E-state index contributed by atoms with van der Waals surface area (Å²) >= 11 is 0. The van der Waals surface area contributed by atoms with Crippen LogP contribution in [-0.2, 0) is 6.54 Å². The topological polar surface area (TPSA) is 3.24 Å². The monoisotopic (exact) mass is 293 g/mol. The molecule has 1 nitrogen and oxygen atoms in total. The lowest BCUT2D eigenvalue weighted by atomic mass is 9.89. The van der Waals surface area contributed by atoms with Gasteiger partial charge >= 0.3 is 0 Å². The minimum absolute atomic E-state index is 0.557. The molecule has 22 heavy (non-hydrogen) atoms. The fourth-order valence-electron chi connectivity index (χ4n) is 3.18. The molecule has 2 aromatic rings. The normalized spacial score (nSPS) is 21.0. The van der Waals surface area contributed by atoms with E-state index in [1.165, 1.54) is 11.1 Å². The molecule has 0 radical (unpaired) electrons. The molecule has 1 fully saturated rings. The molecule has 2 atom stereocenters. The van der Waals surface area contributed by atoms with Gasteiger partial charge in [-0.25, -0.2) is 0 Å². The summed E-state index contributed by atoms with van der Waals surface area (Å²) in [6, 6.07) is 21.6. The van der Waals surface area contributed by atoms with E-state index in [4.69, 9.17) is 0 Å². The lowest BCUT2D eigenvalue weighted by molar-refractivity contribution is 0.322. The first-order valence-electron chi connectivity index (χ1n) is 8.30. The first kappa shape index (κ1) is 16.5. The van der Waals surface area contributed by atoms with Crippen molar-refractivity contribution in [2.24, 2.45) is 5.92 Å². The third-order valence-corrected chi connectivity index (χ3v) is 4.22. The Kier molecular flexibility index (Phi) is 6.42. The number of hydrogen-bond acceptors (Lipinski definition) is 1. The molecule has 0 amide bonds. The van der Waals surface area contributed by atoms with Crippen molar-refractivity contribution in [3.05, 3.63) is 84.4 Å². The van der Waals surface area contributed by atoms with E-state index >= 15 is 0 Å². The van der Waals surface area contributed by atoms with Gasteiger partial charge in [0.15, 0.2) is 0 Å². The van der Waals surface area contributed by atoms with Gasteiger partial charge in [-0.05, 0) is 17.0 Å². The Balaban J connectivity index is 0.000000847. The van der Waals surface area contributed by atoms with E-state index in [0.29, 0.717) is 11.8 Å². The van der Waals surface area contributed by atoms with Crippen LogP contribution in [0.3, 0.4) is 0 Å². The maximum absolute atomic E-state index is 4.03. The molecule has 0 aromatic heterocycles. The SMILES string of the molecule is C=C[C@H]1CN(Cc2ccccc2)C[C@@H]1c1ccccc1.CC. The van der Waals surface area contributed by atoms with E-state index in [1.54, 1.807) is 0 Å². The van der Waals surface area contributed by atoms with Crippen LogP contribution in [0.1, 0.15) is 30.9 Å². The Morgan fingerprint density at radius 3 is 2.14 bits per heavy atom. The summed E-state index contributed by atoms with van der Waals surface area (Å²) in [7, 11) is 0. The summed E-state index contributed by atoms with van der Waals surface area (Å²) in [5, 5.41) is 0. The third-order valence-electron chi connectivity index (χ3n) is 4.22. The lowest BCUT2D eigenvalue weighted by Crippen LogP contribution is -2.20. The lowest BCUT2D eigenvalue weighted by Gasteiger charge is -2.16. The molecular weight excluding hydrogens is 266 g/mol. The van der Waals surface area contributed by atoms with Gasteiger partial charge in [-0.3, -0.25) is 4.90 Å². The van der Waals surface area contributed by atoms with E-state index < -0.39 is 0 Å². The maximum atomic E-state index is 4.03. The summed E-state index contributed by atoms with van der Waals surface area (Å²) in [5.41, 5.74) is 2.83. The van der Waals surface area contributed by atoms with Crippen molar-refractivity contribution >= 4 is 0 Å². The molecule has 0 bridgehead atoms. The molecule has 1 heterocycles. The molecule has 0 aliphatic carbocycles. The smallest absolute Gasteiger partial charge is 0.0234 e. The highest BCUT2D eigenvalue weighted by atomic mass is 15.1. The van der Waals surface area contributed by atoms with E-state index in [-0.39, 0.29) is 0 Å². The highest BCUT2D eigenvalue weighted by Gasteiger charge is 2.31. The standard InChI is InChI=1S/C19H21N.C2H6/c1-2-17-14-20(13-16-9-5-3-6-10-16)15-19(17)18-11-7-4-8-12-18;1-2/h2-12,17,19H,1,13-15H2;1-2H3/t17-,19-;/m0./s1. The average Bonchev–Trinajstić information content (AvgIpc) is 3.01. The van der Waals surface area contributed by atoms with Crippen molar-refractivity contribution in [2.45, 2.75) is 26.3 Å². The highest BCUT2D eigenvalue weighted by Crippen LogP contribution is 2.33. The van der Waals surface area contributed by atoms with Crippen LogP contribution >= 0.6 is 0 Å². The van der Waals surface area contributed by atoms with Crippen LogP contribution in [0.4, 0.5) is 0 Å². The Bertz CT molecular complexity index is 547. The van der Waals surface area contributed by atoms with Crippen LogP contribution in [0, 0.1) is 5.92 Å². The molecule has 0 N–H and O–H groups in total. The van der Waals surface area contributed by atoms with Gasteiger partial charge in [0.1, 0.15) is 0 Å². The number of nitrogens with zero attached hydrogens (tertiary/aromatic N) is 1. The van der Waals surface area contributed by atoms with Gasteiger partial charge in [0.2, 0.25) is 0 Å². The van der Waals surface area contributed by atoms with Gasteiger partial charge in [-0.2, -0.15) is 0 Å². The van der Waals surface area contributed by atoms with Crippen LogP contribution in [0.15, 0.2) is 73.3 Å². The number of rotatable bonds is 4. The minimum Gasteiger partial charge on any atom is -0.298 e. The Labute approximate surface area is 135 Å². The van der Waals surface area contributed by atoms with Crippen LogP contribution < -0.4 is 0 Å². The summed E-state index contributed by atoms with van der Waals surface area (Å²) in [4.78, 5) is 2.54. The van der Waals surface area contributed by atoms with Gasteiger partial charge in [0, 0.05) is 25.6 Å². The molecule has 1 aliphatic heterocycles. The van der Waals surface area contributed by atoms with Crippen molar-refractivity contribution < 1.29 is 0 Å². The van der Waals surface area contributed by atoms with E-state index in [2.05, 4.69) is 78.2 Å². The summed E-state index contributed by atoms with van der Waals surface area (Å²) in [6.07, 6.45) is 2.13. The fourth-order valence-corrected chi connectivity index (χ4v) is 3.18. The molecule has 116 valence electrons. The largest absolute Gasteiger partial charge is 0.298 e. The van der Waals surface area contributed by atoms with Crippen LogP contribution in [-0.4, -0.2) is 18.0 Å². The van der Waals surface area contributed by atoms with Crippen molar-refractivity contribution in [3.63, 3.8) is 0 Å². The van der Waals surface area contributed by atoms with Gasteiger partial charge in [0.25, 0.3) is 0 Å². The Morgan fingerprint density at radius 1 is 0.955 bits per heavy atom. The second kappa shape index (κ2) is 8.55. The zero-order valence-corrected chi connectivity index (χ0v) is 13.8. The summed E-state index contributed by atoms with van der Waals surface area (Å²) < 4.78 is 0. The Hall–Kier alpha value is -1.86. The predicted molar refractivity (Wildman–Crippen MR) is 95.9 cm³/mol. The van der Waals surface area contributed by atoms with E-state index in [9.17, 15) is 0 Å². The molecule has 0 saturated carbocycles. The fraction of sp³-hybridized carbons (Fsp3) is 0.333. The van der Waals surface area contributed by atoms with Gasteiger partial charge in [-0.1, -0.05) is 80.6 Å².